The highest BCUT2D eigenvalue weighted by Crippen LogP contribution is 2.16. The van der Waals surface area contributed by atoms with Gasteiger partial charge in [0.05, 0.1) is 11.6 Å². The molecular formula is C25H26N4O2. The van der Waals surface area contributed by atoms with E-state index in [2.05, 4.69) is 43.9 Å². The van der Waals surface area contributed by atoms with E-state index in [0.717, 1.165) is 56.1 Å². The van der Waals surface area contributed by atoms with E-state index in [-0.39, 0.29) is 5.43 Å². The third-order valence-corrected chi connectivity index (χ3v) is 6.07. The third-order valence-electron chi connectivity index (χ3n) is 6.07. The maximum absolute atomic E-state index is 13.0. The molecule has 0 bridgehead atoms. The van der Waals surface area contributed by atoms with Crippen molar-refractivity contribution in [2.75, 3.05) is 13.1 Å². The van der Waals surface area contributed by atoms with Crippen LogP contribution in [-0.4, -0.2) is 32.8 Å². The minimum Gasteiger partial charge on any atom is -0.464 e. The van der Waals surface area contributed by atoms with E-state index in [9.17, 15) is 4.79 Å². The molecule has 4 aromatic rings. The second kappa shape index (κ2) is 8.47. The topological polar surface area (TPSA) is 64.2 Å². The van der Waals surface area contributed by atoms with Gasteiger partial charge >= 0.3 is 0 Å². The van der Waals surface area contributed by atoms with Crippen LogP contribution in [0, 0.1) is 6.92 Å². The molecule has 0 N–H and O–H groups in total. The van der Waals surface area contributed by atoms with E-state index in [1.807, 2.05) is 31.2 Å². The summed E-state index contributed by atoms with van der Waals surface area (Å²) in [5, 5.41) is 9.55. The Morgan fingerprint density at radius 2 is 1.87 bits per heavy atom. The minimum absolute atomic E-state index is 0.0668. The van der Waals surface area contributed by atoms with Crippen LogP contribution >= 0.6 is 0 Å². The number of hydrogen-bond acceptors (Lipinski definition) is 5. The van der Waals surface area contributed by atoms with Crippen LogP contribution in [0.15, 0.2) is 64.0 Å². The van der Waals surface area contributed by atoms with Gasteiger partial charge in [0.25, 0.3) is 0 Å². The molecule has 0 spiro atoms. The largest absolute Gasteiger partial charge is 0.464 e. The van der Waals surface area contributed by atoms with Crippen molar-refractivity contribution in [2.45, 2.75) is 39.3 Å². The zero-order valence-corrected chi connectivity index (χ0v) is 17.8. The van der Waals surface area contributed by atoms with Crippen LogP contribution in [0.3, 0.4) is 0 Å². The molecule has 5 rings (SSSR count). The van der Waals surface area contributed by atoms with Crippen LogP contribution in [0.25, 0.3) is 11.0 Å². The first kappa shape index (κ1) is 19.7. The second-order valence-corrected chi connectivity index (χ2v) is 8.29. The van der Waals surface area contributed by atoms with Gasteiger partial charge in [-0.2, -0.15) is 0 Å². The second-order valence-electron chi connectivity index (χ2n) is 8.29. The predicted octanol–water partition coefficient (Wildman–Crippen LogP) is 3.54. The van der Waals surface area contributed by atoms with Crippen molar-refractivity contribution >= 4 is 11.0 Å². The predicted molar refractivity (Wildman–Crippen MR) is 120 cm³/mol. The fourth-order valence-electron chi connectivity index (χ4n) is 4.31. The first-order valence-corrected chi connectivity index (χ1v) is 10.9. The lowest BCUT2D eigenvalue weighted by molar-refractivity contribution is 0.267. The minimum atomic E-state index is 0.0668. The van der Waals surface area contributed by atoms with Gasteiger partial charge in [-0.3, -0.25) is 9.69 Å². The number of fused-ring (bicyclic) bond motifs is 2. The van der Waals surface area contributed by atoms with Gasteiger partial charge in [0.1, 0.15) is 17.2 Å². The average Bonchev–Trinajstić information content (AvgIpc) is 3.07. The first-order chi connectivity index (χ1) is 15.2. The van der Waals surface area contributed by atoms with Crippen molar-refractivity contribution in [2.24, 2.45) is 0 Å². The van der Waals surface area contributed by atoms with Crippen molar-refractivity contribution in [3.05, 3.63) is 93.4 Å². The highest BCUT2D eigenvalue weighted by molar-refractivity contribution is 5.77. The summed E-state index contributed by atoms with van der Waals surface area (Å²) in [6.07, 6.45) is 4.29. The van der Waals surface area contributed by atoms with Crippen LogP contribution in [-0.2, 0) is 32.4 Å². The number of benzene rings is 2. The lowest BCUT2D eigenvalue weighted by Crippen LogP contribution is -2.29. The molecule has 0 saturated heterocycles. The van der Waals surface area contributed by atoms with E-state index >= 15 is 0 Å². The Morgan fingerprint density at radius 1 is 1.00 bits per heavy atom. The van der Waals surface area contributed by atoms with Crippen molar-refractivity contribution in [3.63, 3.8) is 0 Å². The zero-order valence-electron chi connectivity index (χ0n) is 17.8. The maximum Gasteiger partial charge on any atom is 0.197 e. The molecule has 0 saturated carbocycles. The van der Waals surface area contributed by atoms with Gasteiger partial charge in [-0.25, -0.2) is 0 Å². The molecule has 2 aromatic heterocycles. The number of aromatic nitrogens is 3. The molecule has 2 aromatic carbocycles. The van der Waals surface area contributed by atoms with Gasteiger partial charge in [0.2, 0.25) is 0 Å². The molecule has 0 atom stereocenters. The maximum atomic E-state index is 13.0. The molecule has 0 radical (unpaired) electrons. The standard InChI is InChI=1S/C25H26N4O2/c1-18-7-9-22-21(15-18)25(30)20(17-31-22)16-28-12-11-24-27-26-23(29(24)14-13-28)10-8-19-5-3-2-4-6-19/h2-7,9,15,17H,8,10-14,16H2,1H3. The molecule has 0 fully saturated rings. The molecule has 3 heterocycles. The molecule has 0 amide bonds. The lowest BCUT2D eigenvalue weighted by Gasteiger charge is -2.19. The van der Waals surface area contributed by atoms with Gasteiger partial charge in [0, 0.05) is 44.6 Å². The van der Waals surface area contributed by atoms with Crippen molar-refractivity contribution in [3.8, 4) is 0 Å². The van der Waals surface area contributed by atoms with E-state index in [1.165, 1.54) is 5.56 Å². The summed E-state index contributed by atoms with van der Waals surface area (Å²) < 4.78 is 8.00. The highest BCUT2D eigenvalue weighted by Gasteiger charge is 2.20. The fourth-order valence-corrected chi connectivity index (χ4v) is 4.31. The van der Waals surface area contributed by atoms with Crippen molar-refractivity contribution in [1.29, 1.82) is 0 Å². The van der Waals surface area contributed by atoms with Gasteiger partial charge in [-0.15, -0.1) is 10.2 Å². The Hall–Kier alpha value is -3.25. The summed E-state index contributed by atoms with van der Waals surface area (Å²) in [7, 11) is 0. The molecule has 1 aliphatic rings. The van der Waals surface area contributed by atoms with E-state index in [0.29, 0.717) is 23.1 Å². The third kappa shape index (κ3) is 4.16. The Labute approximate surface area is 181 Å². The zero-order chi connectivity index (χ0) is 21.2. The van der Waals surface area contributed by atoms with Crippen LogP contribution < -0.4 is 5.43 Å². The molecule has 6 heteroatoms. The first-order valence-electron chi connectivity index (χ1n) is 10.9. The SMILES string of the molecule is Cc1ccc2occ(CN3CCc4nnc(CCc5ccccc5)n4CC3)c(=O)c2c1. The monoisotopic (exact) mass is 414 g/mol. The van der Waals surface area contributed by atoms with E-state index in [4.69, 9.17) is 4.42 Å². The fraction of sp³-hybridized carbons (Fsp3) is 0.320. The summed E-state index contributed by atoms with van der Waals surface area (Å²) in [5.41, 5.74) is 3.79. The summed E-state index contributed by atoms with van der Waals surface area (Å²) in [5.74, 6) is 2.08. The molecule has 158 valence electrons. The molecule has 0 aliphatic carbocycles. The quantitative estimate of drug-likeness (QED) is 0.500. The van der Waals surface area contributed by atoms with Crippen molar-refractivity contribution in [1.82, 2.24) is 19.7 Å². The van der Waals surface area contributed by atoms with Crippen LogP contribution in [0.2, 0.25) is 0 Å². The molecule has 6 nitrogen and oxygen atoms in total. The number of hydrogen-bond donors (Lipinski definition) is 0. The highest BCUT2D eigenvalue weighted by atomic mass is 16.3. The summed E-state index contributed by atoms with van der Waals surface area (Å²) >= 11 is 0. The van der Waals surface area contributed by atoms with Crippen LogP contribution in [0.5, 0.6) is 0 Å². The number of rotatable bonds is 5. The van der Waals surface area contributed by atoms with E-state index < -0.39 is 0 Å². The molecule has 0 unspecified atom stereocenters. The summed E-state index contributed by atoms with van der Waals surface area (Å²) in [6.45, 7) is 5.12. The molecular weight excluding hydrogens is 388 g/mol. The van der Waals surface area contributed by atoms with Gasteiger partial charge < -0.3 is 8.98 Å². The lowest BCUT2D eigenvalue weighted by atomic mass is 10.1. The Kier molecular flexibility index (Phi) is 5.38. The molecule has 31 heavy (non-hydrogen) atoms. The average molecular weight is 415 g/mol. The number of aryl methyl sites for hydroxylation is 3. The molecule has 1 aliphatic heterocycles. The van der Waals surface area contributed by atoms with Crippen molar-refractivity contribution < 1.29 is 4.42 Å². The van der Waals surface area contributed by atoms with Gasteiger partial charge in [-0.1, -0.05) is 42.0 Å². The van der Waals surface area contributed by atoms with Crippen LogP contribution in [0.1, 0.15) is 28.3 Å². The van der Waals surface area contributed by atoms with Gasteiger partial charge in [0.15, 0.2) is 5.43 Å². The number of nitrogens with zero attached hydrogens (tertiary/aromatic N) is 4. The smallest absolute Gasteiger partial charge is 0.197 e. The Balaban J connectivity index is 1.29. The Bertz CT molecular complexity index is 1260. The van der Waals surface area contributed by atoms with Gasteiger partial charge in [-0.05, 0) is 31.0 Å². The summed E-state index contributed by atoms with van der Waals surface area (Å²) in [4.78, 5) is 15.3. The normalized spacial score (nSPS) is 14.5. The summed E-state index contributed by atoms with van der Waals surface area (Å²) in [6, 6.07) is 16.2. The van der Waals surface area contributed by atoms with Crippen LogP contribution in [0.4, 0.5) is 0 Å². The Morgan fingerprint density at radius 3 is 2.74 bits per heavy atom. The van der Waals surface area contributed by atoms with E-state index in [1.54, 1.807) is 6.26 Å².